The summed E-state index contributed by atoms with van der Waals surface area (Å²) < 4.78 is 6.13. The third-order valence-electron chi connectivity index (χ3n) is 2.77. The van der Waals surface area contributed by atoms with Crippen molar-refractivity contribution in [2.45, 2.75) is 13.5 Å². The number of nitrogens with zero attached hydrogens (tertiary/aromatic N) is 3. The quantitative estimate of drug-likeness (QED) is 0.753. The van der Waals surface area contributed by atoms with Gasteiger partial charge in [-0.2, -0.15) is 4.98 Å². The molecule has 0 fully saturated rings. The fourth-order valence-electron chi connectivity index (χ4n) is 1.77. The molecule has 0 aromatic carbocycles. The number of hydrogen-bond acceptors (Lipinski definition) is 6. The normalized spacial score (nSPS) is 10.6. The molecule has 0 saturated heterocycles. The van der Waals surface area contributed by atoms with Crippen LogP contribution in [0.15, 0.2) is 39.6 Å². The van der Waals surface area contributed by atoms with Crippen molar-refractivity contribution in [1.82, 2.24) is 20.4 Å². The average molecular weight is 379 g/mol. The van der Waals surface area contributed by atoms with Crippen molar-refractivity contribution < 1.29 is 9.32 Å². The molecule has 3 rings (SSSR count). The van der Waals surface area contributed by atoms with Crippen LogP contribution >= 0.6 is 27.3 Å². The maximum Gasteiger partial charge on any atom is 0.259 e. The van der Waals surface area contributed by atoms with E-state index in [9.17, 15) is 4.79 Å². The average Bonchev–Trinajstić information content (AvgIpc) is 3.14. The Bertz CT molecular complexity index is 815. The third kappa shape index (κ3) is 3.40. The van der Waals surface area contributed by atoms with E-state index < -0.39 is 0 Å². The monoisotopic (exact) mass is 378 g/mol. The van der Waals surface area contributed by atoms with Gasteiger partial charge >= 0.3 is 0 Å². The van der Waals surface area contributed by atoms with Crippen molar-refractivity contribution in [3.8, 4) is 22.2 Å². The maximum atomic E-state index is 10.9. The molecule has 8 heteroatoms. The molecule has 6 nitrogen and oxygen atoms in total. The summed E-state index contributed by atoms with van der Waals surface area (Å²) in [6, 6.07) is 5.71. The molecule has 3 heterocycles. The Morgan fingerprint density at radius 3 is 3.05 bits per heavy atom. The molecular formula is C14H11BrN4O2S. The van der Waals surface area contributed by atoms with Crippen LogP contribution in [0.3, 0.4) is 0 Å². The van der Waals surface area contributed by atoms with Gasteiger partial charge in [0.15, 0.2) is 0 Å². The zero-order valence-corrected chi connectivity index (χ0v) is 13.9. The number of thiophene rings is 1. The van der Waals surface area contributed by atoms with Crippen molar-refractivity contribution in [3.05, 3.63) is 39.9 Å². The van der Waals surface area contributed by atoms with Gasteiger partial charge in [0.1, 0.15) is 0 Å². The molecule has 0 spiro atoms. The molecule has 3 aromatic heterocycles. The van der Waals surface area contributed by atoms with Gasteiger partial charge in [0.25, 0.3) is 5.89 Å². The van der Waals surface area contributed by atoms with Crippen LogP contribution in [-0.4, -0.2) is 21.0 Å². The Hall–Kier alpha value is -2.06. The summed E-state index contributed by atoms with van der Waals surface area (Å²) in [7, 11) is 0. The van der Waals surface area contributed by atoms with Crippen molar-refractivity contribution in [2.24, 2.45) is 0 Å². The highest BCUT2D eigenvalue weighted by Crippen LogP contribution is 2.28. The first kappa shape index (κ1) is 14.9. The number of hydrogen-bond donors (Lipinski definition) is 1. The largest absolute Gasteiger partial charge is 0.351 e. The number of halogens is 1. The van der Waals surface area contributed by atoms with Gasteiger partial charge in [-0.3, -0.25) is 9.78 Å². The minimum Gasteiger partial charge on any atom is -0.351 e. The van der Waals surface area contributed by atoms with E-state index in [1.807, 2.05) is 18.2 Å². The van der Waals surface area contributed by atoms with E-state index in [0.29, 0.717) is 18.3 Å². The number of nitrogens with one attached hydrogen (secondary N) is 1. The molecule has 3 aromatic rings. The molecule has 0 aliphatic carbocycles. The lowest BCUT2D eigenvalue weighted by Crippen LogP contribution is -2.17. The first-order valence-electron chi connectivity index (χ1n) is 6.40. The van der Waals surface area contributed by atoms with E-state index in [4.69, 9.17) is 4.52 Å². The van der Waals surface area contributed by atoms with Crippen LogP contribution in [0.2, 0.25) is 0 Å². The highest BCUT2D eigenvalue weighted by Gasteiger charge is 2.13. The van der Waals surface area contributed by atoms with Gasteiger partial charge in [-0.1, -0.05) is 5.16 Å². The number of rotatable bonds is 4. The van der Waals surface area contributed by atoms with Crippen LogP contribution in [0.1, 0.15) is 11.8 Å². The Balaban J connectivity index is 1.80. The van der Waals surface area contributed by atoms with E-state index >= 15 is 0 Å². The first-order chi connectivity index (χ1) is 10.6. The zero-order valence-electron chi connectivity index (χ0n) is 11.5. The molecule has 0 unspecified atom stereocenters. The smallest absolute Gasteiger partial charge is 0.259 e. The van der Waals surface area contributed by atoms with Crippen LogP contribution in [0.4, 0.5) is 0 Å². The van der Waals surface area contributed by atoms with E-state index in [0.717, 1.165) is 19.8 Å². The minimum atomic E-state index is -0.0565. The summed E-state index contributed by atoms with van der Waals surface area (Å²) in [6.45, 7) is 1.99. The van der Waals surface area contributed by atoms with Crippen molar-refractivity contribution in [2.75, 3.05) is 0 Å². The lowest BCUT2D eigenvalue weighted by atomic mass is 10.3. The maximum absolute atomic E-state index is 10.9. The van der Waals surface area contributed by atoms with Crippen LogP contribution in [0, 0.1) is 0 Å². The Kier molecular flexibility index (Phi) is 4.30. The molecule has 0 radical (unpaired) electrons. The Labute approximate surface area is 138 Å². The second kappa shape index (κ2) is 6.37. The van der Waals surface area contributed by atoms with Gasteiger partial charge in [-0.25, -0.2) is 0 Å². The van der Waals surface area contributed by atoms with Gasteiger partial charge in [0.05, 0.1) is 17.0 Å². The van der Waals surface area contributed by atoms with Crippen LogP contribution in [0.25, 0.3) is 22.2 Å². The fraction of sp³-hybridized carbons (Fsp3) is 0.143. The molecule has 1 amide bonds. The highest BCUT2D eigenvalue weighted by atomic mass is 79.9. The van der Waals surface area contributed by atoms with Crippen molar-refractivity contribution in [1.29, 1.82) is 0 Å². The number of pyridine rings is 1. The molecule has 0 aliphatic rings. The number of aromatic nitrogens is 3. The minimum absolute atomic E-state index is 0.0565. The van der Waals surface area contributed by atoms with Gasteiger partial charge < -0.3 is 9.84 Å². The molecule has 112 valence electrons. The van der Waals surface area contributed by atoms with Crippen LogP contribution in [0.5, 0.6) is 0 Å². The summed E-state index contributed by atoms with van der Waals surface area (Å²) in [5.41, 5.74) is 0.753. The number of carbonyl (C=O) groups excluding carboxylic acids is 1. The summed E-state index contributed by atoms with van der Waals surface area (Å²) in [6.07, 6.45) is 3.35. The Morgan fingerprint density at radius 1 is 1.41 bits per heavy atom. The van der Waals surface area contributed by atoms with Crippen molar-refractivity contribution in [3.63, 3.8) is 0 Å². The lowest BCUT2D eigenvalue weighted by Gasteiger charge is -1.96. The second-order valence-electron chi connectivity index (χ2n) is 4.49. The zero-order chi connectivity index (χ0) is 15.5. The predicted octanol–water partition coefficient (Wildman–Crippen LogP) is 3.26. The Morgan fingerprint density at radius 2 is 2.27 bits per heavy atom. The van der Waals surface area contributed by atoms with Gasteiger partial charge in [-0.15, -0.1) is 11.3 Å². The summed E-state index contributed by atoms with van der Waals surface area (Å²) in [4.78, 5) is 21.3. The van der Waals surface area contributed by atoms with E-state index in [1.54, 1.807) is 12.4 Å². The van der Waals surface area contributed by atoms with Crippen LogP contribution in [-0.2, 0) is 11.3 Å². The molecule has 0 saturated carbocycles. The molecule has 22 heavy (non-hydrogen) atoms. The molecule has 0 aliphatic heterocycles. The predicted molar refractivity (Wildman–Crippen MR) is 86.1 cm³/mol. The standard InChI is InChI=1S/C14H11BrN4O2S/c1-8(20)17-7-11-2-3-12(22-11)13-18-14(21-19-13)9-4-10(15)6-16-5-9/h2-6H,7H2,1H3,(H,17,20). The highest BCUT2D eigenvalue weighted by molar-refractivity contribution is 9.10. The molecule has 0 atom stereocenters. The molecular weight excluding hydrogens is 368 g/mol. The molecule has 1 N–H and O–H groups in total. The SMILES string of the molecule is CC(=O)NCc1ccc(-c2noc(-c3cncc(Br)c3)n2)s1. The van der Waals surface area contributed by atoms with Crippen LogP contribution < -0.4 is 5.32 Å². The lowest BCUT2D eigenvalue weighted by molar-refractivity contribution is -0.119. The second-order valence-corrected chi connectivity index (χ2v) is 6.57. The van der Waals surface area contributed by atoms with E-state index in [2.05, 4.69) is 36.4 Å². The van der Waals surface area contributed by atoms with Gasteiger partial charge in [-0.05, 0) is 34.1 Å². The van der Waals surface area contributed by atoms with Gasteiger partial charge in [0, 0.05) is 28.7 Å². The van der Waals surface area contributed by atoms with Gasteiger partial charge in [0.2, 0.25) is 11.7 Å². The third-order valence-corrected chi connectivity index (χ3v) is 4.29. The summed E-state index contributed by atoms with van der Waals surface area (Å²) in [5.74, 6) is 0.883. The molecule has 0 bridgehead atoms. The van der Waals surface area contributed by atoms with E-state index in [1.165, 1.54) is 18.3 Å². The topological polar surface area (TPSA) is 80.9 Å². The fourth-order valence-corrected chi connectivity index (χ4v) is 3.01. The summed E-state index contributed by atoms with van der Waals surface area (Å²) in [5, 5.41) is 6.75. The number of carbonyl (C=O) groups is 1. The van der Waals surface area contributed by atoms with Crippen molar-refractivity contribution >= 4 is 33.2 Å². The number of amides is 1. The summed E-state index contributed by atoms with van der Waals surface area (Å²) >= 11 is 4.87. The first-order valence-corrected chi connectivity index (χ1v) is 8.01. The van der Waals surface area contributed by atoms with E-state index in [-0.39, 0.29) is 5.91 Å².